The summed E-state index contributed by atoms with van der Waals surface area (Å²) in [6.45, 7) is 1.98. The van der Waals surface area contributed by atoms with E-state index in [0.717, 1.165) is 19.5 Å². The fraction of sp³-hybridized carbons (Fsp3) is 0.533. The maximum atomic E-state index is 12.7. The van der Waals surface area contributed by atoms with Crippen LogP contribution in [0.3, 0.4) is 0 Å². The normalized spacial score (nSPS) is 17.0. The molecule has 1 saturated heterocycles. The van der Waals surface area contributed by atoms with Gasteiger partial charge in [-0.2, -0.15) is 0 Å². The summed E-state index contributed by atoms with van der Waals surface area (Å²) in [6, 6.07) is 2.70. The molecule has 2 rings (SSSR count). The van der Waals surface area contributed by atoms with E-state index in [-0.39, 0.29) is 45.5 Å². The first-order valence-corrected chi connectivity index (χ1v) is 9.42. The van der Waals surface area contributed by atoms with Crippen LogP contribution in [0, 0.1) is 5.92 Å². The maximum absolute atomic E-state index is 12.7. The quantitative estimate of drug-likeness (QED) is 0.737. The first kappa shape index (κ1) is 22.0. The third kappa shape index (κ3) is 5.21. The molecule has 1 fully saturated rings. The van der Waals surface area contributed by atoms with E-state index in [2.05, 4.69) is 10.0 Å². The molecule has 1 aromatic rings. The Bertz CT molecular complexity index is 720. The molecular formula is C15H23Cl2N3O4S. The second kappa shape index (κ2) is 9.05. The summed E-state index contributed by atoms with van der Waals surface area (Å²) < 4.78 is 33.1. The Morgan fingerprint density at radius 1 is 1.44 bits per heavy atom. The molecule has 0 radical (unpaired) electrons. The highest BCUT2D eigenvalue weighted by molar-refractivity contribution is 7.89. The predicted molar refractivity (Wildman–Crippen MR) is 99.4 cm³/mol. The van der Waals surface area contributed by atoms with E-state index in [1.807, 2.05) is 0 Å². The standard InChI is InChI=1S/C15H22ClN3O4S.ClH/c1-19(2)15(20)12-6-11(16)7-13(14(12)23-3)24(21,22)18-9-10-4-5-17-8-10;/h6-7,10,17-18H,4-5,8-9H2,1-3H3;1H. The Kier molecular flexibility index (Phi) is 7.95. The van der Waals surface area contributed by atoms with Crippen LogP contribution in [-0.4, -0.2) is 60.1 Å². The fourth-order valence-corrected chi connectivity index (χ4v) is 4.19. The monoisotopic (exact) mass is 411 g/mol. The lowest BCUT2D eigenvalue weighted by Crippen LogP contribution is -2.31. The van der Waals surface area contributed by atoms with E-state index < -0.39 is 10.0 Å². The predicted octanol–water partition coefficient (Wildman–Crippen LogP) is 1.36. The molecule has 1 aromatic carbocycles. The van der Waals surface area contributed by atoms with Gasteiger partial charge in [-0.1, -0.05) is 11.6 Å². The van der Waals surface area contributed by atoms with E-state index in [4.69, 9.17) is 16.3 Å². The third-order valence-corrected chi connectivity index (χ3v) is 5.52. The molecular weight excluding hydrogens is 389 g/mol. The number of hydrogen-bond donors (Lipinski definition) is 2. The molecule has 10 heteroatoms. The van der Waals surface area contributed by atoms with Crippen molar-refractivity contribution in [2.24, 2.45) is 5.92 Å². The van der Waals surface area contributed by atoms with Crippen molar-refractivity contribution in [3.05, 3.63) is 22.7 Å². The highest BCUT2D eigenvalue weighted by atomic mass is 35.5. The second-order valence-corrected chi connectivity index (χ2v) is 8.07. The number of amides is 1. The Morgan fingerprint density at radius 3 is 2.64 bits per heavy atom. The lowest BCUT2D eigenvalue weighted by molar-refractivity contribution is 0.0824. The molecule has 0 aliphatic carbocycles. The summed E-state index contributed by atoms with van der Waals surface area (Å²) in [5.74, 6) is -0.145. The van der Waals surface area contributed by atoms with E-state index in [0.29, 0.717) is 6.54 Å². The number of rotatable bonds is 6. The van der Waals surface area contributed by atoms with Gasteiger partial charge in [0.25, 0.3) is 5.91 Å². The molecule has 7 nitrogen and oxygen atoms in total. The average Bonchev–Trinajstić information content (AvgIpc) is 3.04. The van der Waals surface area contributed by atoms with Gasteiger partial charge in [0.1, 0.15) is 4.90 Å². The summed E-state index contributed by atoms with van der Waals surface area (Å²) in [7, 11) is 0.620. The highest BCUT2D eigenvalue weighted by Gasteiger charge is 2.27. The molecule has 2 N–H and O–H groups in total. The summed E-state index contributed by atoms with van der Waals surface area (Å²) in [4.78, 5) is 13.5. The number of benzene rings is 1. The Hall–Kier alpha value is -1.06. The topological polar surface area (TPSA) is 87.7 Å². The Morgan fingerprint density at radius 2 is 2.12 bits per heavy atom. The van der Waals surface area contributed by atoms with E-state index >= 15 is 0 Å². The van der Waals surface area contributed by atoms with Crippen molar-refractivity contribution < 1.29 is 17.9 Å². The van der Waals surface area contributed by atoms with E-state index in [1.165, 1.54) is 24.1 Å². The zero-order valence-electron chi connectivity index (χ0n) is 14.3. The maximum Gasteiger partial charge on any atom is 0.257 e. The van der Waals surface area contributed by atoms with Gasteiger partial charge in [-0.05, 0) is 37.6 Å². The van der Waals surface area contributed by atoms with Crippen LogP contribution in [0.25, 0.3) is 0 Å². The van der Waals surface area contributed by atoms with Gasteiger partial charge in [0.15, 0.2) is 5.75 Å². The van der Waals surface area contributed by atoms with Crippen molar-refractivity contribution in [2.75, 3.05) is 40.8 Å². The Labute approximate surface area is 159 Å². The number of carbonyl (C=O) groups is 1. The molecule has 1 aliphatic rings. The molecule has 25 heavy (non-hydrogen) atoms. The van der Waals surface area contributed by atoms with E-state index in [9.17, 15) is 13.2 Å². The van der Waals surface area contributed by atoms with Crippen molar-refractivity contribution in [3.63, 3.8) is 0 Å². The zero-order chi connectivity index (χ0) is 17.9. The molecule has 1 heterocycles. The Balaban J connectivity index is 0.00000312. The van der Waals surface area contributed by atoms with Crippen molar-refractivity contribution in [1.82, 2.24) is 14.9 Å². The SMILES string of the molecule is COc1c(C(=O)N(C)C)cc(Cl)cc1S(=O)(=O)NCC1CCNC1.Cl. The van der Waals surface area contributed by atoms with Gasteiger partial charge in [0.2, 0.25) is 10.0 Å². The highest BCUT2D eigenvalue weighted by Crippen LogP contribution is 2.32. The van der Waals surface area contributed by atoms with E-state index in [1.54, 1.807) is 14.1 Å². The first-order valence-electron chi connectivity index (χ1n) is 7.56. The van der Waals surface area contributed by atoms with Gasteiger partial charge in [-0.25, -0.2) is 13.1 Å². The summed E-state index contributed by atoms with van der Waals surface area (Å²) in [5.41, 5.74) is 0.109. The molecule has 1 aliphatic heterocycles. The molecule has 0 aromatic heterocycles. The fourth-order valence-electron chi connectivity index (χ4n) is 2.57. The number of sulfonamides is 1. The van der Waals surface area contributed by atoms with Crippen LogP contribution in [-0.2, 0) is 10.0 Å². The lowest BCUT2D eigenvalue weighted by atomic mass is 10.1. The minimum atomic E-state index is -3.85. The molecule has 142 valence electrons. The van der Waals surface area contributed by atoms with Crippen molar-refractivity contribution in [3.8, 4) is 5.75 Å². The first-order chi connectivity index (χ1) is 11.3. The second-order valence-electron chi connectivity index (χ2n) is 5.90. The molecule has 1 amide bonds. The zero-order valence-corrected chi connectivity index (χ0v) is 16.7. The van der Waals surface area contributed by atoms with Crippen molar-refractivity contribution in [1.29, 1.82) is 0 Å². The average molecular weight is 412 g/mol. The van der Waals surface area contributed by atoms with Gasteiger partial charge >= 0.3 is 0 Å². The van der Waals surface area contributed by atoms with Crippen LogP contribution in [0.1, 0.15) is 16.8 Å². The van der Waals surface area contributed by atoms with Crippen LogP contribution in [0.2, 0.25) is 5.02 Å². The van der Waals surface area contributed by atoms with Gasteiger partial charge in [-0.3, -0.25) is 4.79 Å². The number of carbonyl (C=O) groups excluding carboxylic acids is 1. The van der Waals surface area contributed by atoms with Gasteiger partial charge in [0.05, 0.1) is 12.7 Å². The third-order valence-electron chi connectivity index (χ3n) is 3.87. The smallest absolute Gasteiger partial charge is 0.257 e. The van der Waals surface area contributed by atoms with Crippen LogP contribution in [0.4, 0.5) is 0 Å². The number of ether oxygens (including phenoxy) is 1. The molecule has 0 bridgehead atoms. The minimum Gasteiger partial charge on any atom is -0.494 e. The summed E-state index contributed by atoms with van der Waals surface area (Å²) >= 11 is 6.03. The molecule has 0 saturated carbocycles. The molecule has 1 atom stereocenters. The number of methoxy groups -OCH3 is 1. The van der Waals surface area contributed by atoms with Crippen LogP contribution >= 0.6 is 24.0 Å². The summed E-state index contributed by atoms with van der Waals surface area (Å²) in [6.07, 6.45) is 0.916. The molecule has 0 spiro atoms. The van der Waals surface area contributed by atoms with Gasteiger partial charge < -0.3 is 15.0 Å². The van der Waals surface area contributed by atoms with Gasteiger partial charge in [0, 0.05) is 25.7 Å². The number of nitrogens with zero attached hydrogens (tertiary/aromatic N) is 1. The van der Waals surface area contributed by atoms with Crippen LogP contribution < -0.4 is 14.8 Å². The summed E-state index contributed by atoms with van der Waals surface area (Å²) in [5, 5.41) is 3.34. The number of halogens is 2. The largest absolute Gasteiger partial charge is 0.494 e. The number of nitrogens with one attached hydrogen (secondary N) is 2. The number of hydrogen-bond acceptors (Lipinski definition) is 5. The van der Waals surface area contributed by atoms with Crippen LogP contribution in [0.5, 0.6) is 5.75 Å². The lowest BCUT2D eigenvalue weighted by Gasteiger charge is -2.18. The van der Waals surface area contributed by atoms with Crippen LogP contribution in [0.15, 0.2) is 17.0 Å². The van der Waals surface area contributed by atoms with Crippen molar-refractivity contribution >= 4 is 39.9 Å². The minimum absolute atomic E-state index is 0. The van der Waals surface area contributed by atoms with Gasteiger partial charge in [-0.15, -0.1) is 12.4 Å². The molecule has 1 unspecified atom stereocenters. The van der Waals surface area contributed by atoms with Crippen molar-refractivity contribution in [2.45, 2.75) is 11.3 Å².